The minimum Gasteiger partial charge on any atom is -0.329 e. The van der Waals surface area contributed by atoms with E-state index in [4.69, 9.17) is 0 Å². The van der Waals surface area contributed by atoms with Gasteiger partial charge in [0, 0.05) is 22.2 Å². The van der Waals surface area contributed by atoms with E-state index in [1.165, 1.54) is 6.07 Å². The van der Waals surface area contributed by atoms with Crippen LogP contribution in [0.1, 0.15) is 0 Å². The number of urea groups is 1. The Morgan fingerprint density at radius 1 is 0.926 bits per heavy atom. The van der Waals surface area contributed by atoms with E-state index in [0.29, 0.717) is 5.69 Å². The molecule has 0 saturated carbocycles. The molecule has 5 nitrogen and oxygen atoms in total. The van der Waals surface area contributed by atoms with Crippen molar-refractivity contribution < 1.29 is 18.4 Å². The van der Waals surface area contributed by atoms with E-state index < -0.39 is 23.6 Å². The van der Waals surface area contributed by atoms with E-state index in [1.807, 2.05) is 29.6 Å². The predicted molar refractivity (Wildman–Crippen MR) is 102 cm³/mol. The summed E-state index contributed by atoms with van der Waals surface area (Å²) in [6.07, 6.45) is 0. The molecule has 3 N–H and O–H groups in total. The lowest BCUT2D eigenvalue weighted by atomic mass is 10.1. The van der Waals surface area contributed by atoms with Gasteiger partial charge in [-0.15, -0.1) is 11.3 Å². The molecule has 0 bridgehead atoms. The van der Waals surface area contributed by atoms with Crippen LogP contribution in [-0.4, -0.2) is 18.5 Å². The third kappa shape index (κ3) is 4.89. The van der Waals surface area contributed by atoms with E-state index in [1.54, 1.807) is 23.5 Å². The fourth-order valence-corrected chi connectivity index (χ4v) is 3.11. The molecule has 3 rings (SSSR count). The van der Waals surface area contributed by atoms with Crippen molar-refractivity contribution >= 4 is 34.6 Å². The van der Waals surface area contributed by atoms with Gasteiger partial charge in [-0.25, -0.2) is 13.6 Å². The molecule has 0 radical (unpaired) electrons. The van der Waals surface area contributed by atoms with Crippen molar-refractivity contribution in [2.75, 3.05) is 17.2 Å². The molecular formula is C19H15F2N3O2S. The van der Waals surface area contributed by atoms with Crippen LogP contribution in [0.25, 0.3) is 10.4 Å². The third-order valence-corrected chi connectivity index (χ3v) is 4.48. The predicted octanol–water partition coefficient (Wildman–Crippen LogP) is 4.45. The summed E-state index contributed by atoms with van der Waals surface area (Å²) in [6.45, 7) is -0.327. The van der Waals surface area contributed by atoms with Gasteiger partial charge in [-0.3, -0.25) is 4.79 Å². The van der Waals surface area contributed by atoms with Crippen LogP contribution in [0.3, 0.4) is 0 Å². The van der Waals surface area contributed by atoms with Crippen LogP contribution in [0, 0.1) is 11.6 Å². The summed E-state index contributed by atoms with van der Waals surface area (Å²) < 4.78 is 26.0. The van der Waals surface area contributed by atoms with Gasteiger partial charge < -0.3 is 16.0 Å². The van der Waals surface area contributed by atoms with Crippen molar-refractivity contribution in [2.45, 2.75) is 0 Å². The van der Waals surface area contributed by atoms with Crippen LogP contribution < -0.4 is 16.0 Å². The quantitative estimate of drug-likeness (QED) is 0.605. The van der Waals surface area contributed by atoms with Crippen molar-refractivity contribution in [3.8, 4) is 10.4 Å². The summed E-state index contributed by atoms with van der Waals surface area (Å²) >= 11 is 1.55. The van der Waals surface area contributed by atoms with Crippen LogP contribution in [0.15, 0.2) is 60.0 Å². The topological polar surface area (TPSA) is 70.2 Å². The lowest BCUT2D eigenvalue weighted by molar-refractivity contribution is -0.115. The minimum absolute atomic E-state index is 0.101. The Bertz CT molecular complexity index is 961. The molecule has 1 heterocycles. The number of benzene rings is 2. The number of amides is 3. The number of anilines is 2. The summed E-state index contributed by atoms with van der Waals surface area (Å²) in [5.74, 6) is -2.64. The number of nitrogens with one attached hydrogen (secondary N) is 3. The maximum Gasteiger partial charge on any atom is 0.319 e. The second kappa shape index (κ2) is 8.41. The maximum absolute atomic E-state index is 13.1. The molecule has 0 atom stereocenters. The van der Waals surface area contributed by atoms with Gasteiger partial charge in [0.2, 0.25) is 5.91 Å². The Balaban J connectivity index is 1.56. The second-order valence-corrected chi connectivity index (χ2v) is 6.46. The third-order valence-electron chi connectivity index (χ3n) is 3.57. The van der Waals surface area contributed by atoms with Gasteiger partial charge in [-0.1, -0.05) is 24.3 Å². The summed E-state index contributed by atoms with van der Waals surface area (Å²) in [7, 11) is 0. The van der Waals surface area contributed by atoms with Crippen LogP contribution in [-0.2, 0) is 4.79 Å². The minimum atomic E-state index is -1.07. The monoisotopic (exact) mass is 387 g/mol. The first-order valence-electron chi connectivity index (χ1n) is 7.95. The zero-order valence-electron chi connectivity index (χ0n) is 14.0. The molecular weight excluding hydrogens is 372 g/mol. The number of hydrogen-bond donors (Lipinski definition) is 3. The highest BCUT2D eigenvalue weighted by Gasteiger charge is 2.11. The van der Waals surface area contributed by atoms with Crippen LogP contribution in [0.2, 0.25) is 0 Å². The van der Waals surface area contributed by atoms with Crippen LogP contribution >= 0.6 is 11.3 Å². The maximum atomic E-state index is 13.1. The largest absolute Gasteiger partial charge is 0.329 e. The van der Waals surface area contributed by atoms with Crippen molar-refractivity contribution in [1.29, 1.82) is 0 Å². The Hall–Kier alpha value is -3.26. The van der Waals surface area contributed by atoms with Gasteiger partial charge in [-0.05, 0) is 29.6 Å². The standard InChI is InChI=1S/C19H15F2N3O2S/c20-14-8-7-12(10-15(14)21)23-18(25)11-22-19(26)24-16-5-2-1-4-13(16)17-6-3-9-27-17/h1-10H,11H2,(H,23,25)(H2,22,24,26). The highest BCUT2D eigenvalue weighted by molar-refractivity contribution is 7.13. The lowest BCUT2D eigenvalue weighted by Crippen LogP contribution is -2.35. The number of carbonyl (C=O) groups excluding carboxylic acids is 2. The SMILES string of the molecule is O=C(CNC(=O)Nc1ccccc1-c1cccs1)Nc1ccc(F)c(F)c1. The van der Waals surface area contributed by atoms with Gasteiger partial charge in [-0.2, -0.15) is 0 Å². The molecule has 3 amide bonds. The zero-order valence-corrected chi connectivity index (χ0v) is 14.8. The summed E-state index contributed by atoms with van der Waals surface area (Å²) in [5, 5.41) is 9.44. The average Bonchev–Trinajstić information content (AvgIpc) is 3.18. The molecule has 27 heavy (non-hydrogen) atoms. The number of hydrogen-bond acceptors (Lipinski definition) is 3. The first kappa shape index (κ1) is 18.5. The van der Waals surface area contributed by atoms with Gasteiger partial charge in [0.15, 0.2) is 11.6 Å². The van der Waals surface area contributed by atoms with Crippen LogP contribution in [0.5, 0.6) is 0 Å². The number of carbonyl (C=O) groups is 2. The lowest BCUT2D eigenvalue weighted by Gasteiger charge is -2.11. The Morgan fingerprint density at radius 2 is 1.74 bits per heavy atom. The Kier molecular flexibility index (Phi) is 5.77. The molecule has 0 fully saturated rings. The number of para-hydroxylation sites is 1. The fourth-order valence-electron chi connectivity index (χ4n) is 2.34. The smallest absolute Gasteiger partial charge is 0.319 e. The van der Waals surface area contributed by atoms with Gasteiger partial charge in [0.05, 0.1) is 12.2 Å². The van der Waals surface area contributed by atoms with Gasteiger partial charge in [0.25, 0.3) is 0 Å². The Morgan fingerprint density at radius 3 is 2.48 bits per heavy atom. The molecule has 1 aromatic heterocycles. The molecule has 0 spiro atoms. The number of rotatable bonds is 5. The van der Waals surface area contributed by atoms with Crippen molar-refractivity contribution in [3.05, 3.63) is 71.6 Å². The second-order valence-electron chi connectivity index (χ2n) is 5.51. The number of thiophene rings is 1. The average molecular weight is 387 g/mol. The number of halogens is 2. The molecule has 2 aromatic carbocycles. The van der Waals surface area contributed by atoms with E-state index in [-0.39, 0.29) is 12.2 Å². The highest BCUT2D eigenvalue weighted by Crippen LogP contribution is 2.31. The first-order chi connectivity index (χ1) is 13.0. The first-order valence-corrected chi connectivity index (χ1v) is 8.83. The molecule has 138 valence electrons. The summed E-state index contributed by atoms with van der Waals surface area (Å²) in [4.78, 5) is 24.9. The molecule has 0 unspecified atom stereocenters. The molecule has 0 aliphatic heterocycles. The van der Waals surface area contributed by atoms with E-state index in [9.17, 15) is 18.4 Å². The summed E-state index contributed by atoms with van der Waals surface area (Å²) in [5.41, 5.74) is 1.58. The van der Waals surface area contributed by atoms with Crippen molar-refractivity contribution in [2.24, 2.45) is 0 Å². The molecule has 0 aliphatic carbocycles. The molecule has 3 aromatic rings. The molecule has 0 aliphatic rings. The molecule has 0 saturated heterocycles. The highest BCUT2D eigenvalue weighted by atomic mass is 32.1. The van der Waals surface area contributed by atoms with Crippen molar-refractivity contribution in [3.63, 3.8) is 0 Å². The Labute approximate surface area is 158 Å². The van der Waals surface area contributed by atoms with Gasteiger partial charge >= 0.3 is 6.03 Å². The van der Waals surface area contributed by atoms with E-state index >= 15 is 0 Å². The normalized spacial score (nSPS) is 10.3. The fraction of sp³-hybridized carbons (Fsp3) is 0.0526. The zero-order chi connectivity index (χ0) is 19.2. The van der Waals surface area contributed by atoms with Crippen molar-refractivity contribution in [1.82, 2.24) is 5.32 Å². The van der Waals surface area contributed by atoms with Crippen LogP contribution in [0.4, 0.5) is 25.0 Å². The van der Waals surface area contributed by atoms with E-state index in [0.717, 1.165) is 22.6 Å². The molecule has 8 heteroatoms. The summed E-state index contributed by atoms with van der Waals surface area (Å²) in [6, 6.07) is 13.6. The van der Waals surface area contributed by atoms with Gasteiger partial charge in [0.1, 0.15) is 0 Å². The van der Waals surface area contributed by atoms with E-state index in [2.05, 4.69) is 16.0 Å².